The number of benzene rings is 10. The van der Waals surface area contributed by atoms with E-state index in [-0.39, 0.29) is 0 Å². The summed E-state index contributed by atoms with van der Waals surface area (Å²) in [6.07, 6.45) is 2.22. The number of hydrogen-bond donors (Lipinski definition) is 0. The van der Waals surface area contributed by atoms with Gasteiger partial charge >= 0.3 is 0 Å². The summed E-state index contributed by atoms with van der Waals surface area (Å²) >= 11 is 0. The van der Waals surface area contributed by atoms with Crippen LogP contribution >= 0.6 is 0 Å². The topological polar surface area (TPSA) is 29.5 Å². The smallest absolute Gasteiger partial charge is 0.142 e. The minimum absolute atomic E-state index is 0.873. The van der Waals surface area contributed by atoms with Gasteiger partial charge in [0, 0.05) is 38.4 Å². The minimum Gasteiger partial charge on any atom is -0.460 e. The molecule has 298 valence electrons. The number of anilines is 2. The summed E-state index contributed by atoms with van der Waals surface area (Å²) in [6, 6.07) is 74.2. The van der Waals surface area contributed by atoms with E-state index >= 15 is 0 Å². The van der Waals surface area contributed by atoms with Gasteiger partial charge in [0.05, 0.1) is 11.4 Å². The van der Waals surface area contributed by atoms with Crippen LogP contribution in [0.2, 0.25) is 0 Å². The highest BCUT2D eigenvalue weighted by Crippen LogP contribution is 2.46. The summed E-state index contributed by atoms with van der Waals surface area (Å²) in [4.78, 5) is 2.41. The van der Waals surface area contributed by atoms with E-state index in [9.17, 15) is 0 Å². The number of para-hydroxylation sites is 1. The summed E-state index contributed by atoms with van der Waals surface area (Å²) in [5, 5.41) is 10.4. The Morgan fingerprint density at radius 1 is 0.413 bits per heavy atom. The maximum atomic E-state index is 6.72. The molecule has 12 aromatic rings. The van der Waals surface area contributed by atoms with Crippen molar-refractivity contribution in [2.75, 3.05) is 4.90 Å². The molecular weight excluding hydrogens is 767 g/mol. The van der Waals surface area contributed by atoms with Gasteiger partial charge in [0.2, 0.25) is 0 Å². The van der Waals surface area contributed by atoms with Crippen LogP contribution in [0.3, 0.4) is 0 Å². The normalized spacial score (nSPS) is 12.1. The van der Waals surface area contributed by atoms with Crippen LogP contribution in [-0.2, 0) is 0 Å². The molecule has 10 aromatic carbocycles. The number of nitrogens with zero attached hydrogens (tertiary/aromatic N) is 1. The lowest BCUT2D eigenvalue weighted by atomic mass is 9.95. The Balaban J connectivity index is 1.02. The van der Waals surface area contributed by atoms with Crippen molar-refractivity contribution < 1.29 is 8.83 Å². The molecule has 0 bridgehead atoms. The Bertz CT molecular complexity index is 3770. The van der Waals surface area contributed by atoms with Gasteiger partial charge in [0.1, 0.15) is 22.5 Å². The molecule has 0 unspecified atom stereocenters. The van der Waals surface area contributed by atoms with Crippen LogP contribution in [0.25, 0.3) is 104 Å². The van der Waals surface area contributed by atoms with Gasteiger partial charge in [-0.05, 0) is 123 Å². The Morgan fingerprint density at radius 3 is 1.86 bits per heavy atom. The van der Waals surface area contributed by atoms with Gasteiger partial charge in [-0.3, -0.25) is 0 Å². The fourth-order valence-electron chi connectivity index (χ4n) is 9.74. The van der Waals surface area contributed by atoms with Gasteiger partial charge in [0.25, 0.3) is 0 Å². The lowest BCUT2D eigenvalue weighted by Gasteiger charge is -2.30. The van der Waals surface area contributed by atoms with Crippen LogP contribution in [0.15, 0.2) is 221 Å². The fraction of sp³-hybridized carbons (Fsp3) is 0.0333. The lowest BCUT2D eigenvalue weighted by Crippen LogP contribution is -2.17. The molecule has 0 fully saturated rings. The second-order valence-electron chi connectivity index (χ2n) is 16.4. The number of rotatable bonds is 7. The lowest BCUT2D eigenvalue weighted by molar-refractivity contribution is 0.580. The summed E-state index contributed by atoms with van der Waals surface area (Å²) in [7, 11) is 0. The molecule has 0 amide bonds. The first-order valence-corrected chi connectivity index (χ1v) is 21.6. The Morgan fingerprint density at radius 2 is 1.03 bits per heavy atom. The summed E-state index contributed by atoms with van der Waals surface area (Å²) in [5.74, 6) is 0.873. The largest absolute Gasteiger partial charge is 0.460 e. The zero-order valence-corrected chi connectivity index (χ0v) is 35.0. The summed E-state index contributed by atoms with van der Waals surface area (Å²) in [6.45, 7) is 4.22. The highest BCUT2D eigenvalue weighted by molar-refractivity contribution is 6.13. The minimum atomic E-state index is 0.873. The second-order valence-corrected chi connectivity index (χ2v) is 16.4. The molecule has 63 heavy (non-hydrogen) atoms. The molecule has 2 aromatic heterocycles. The van der Waals surface area contributed by atoms with E-state index in [1.807, 2.05) is 0 Å². The van der Waals surface area contributed by atoms with E-state index in [4.69, 9.17) is 8.83 Å². The SMILES string of the molecule is C/C=C(\c1c(C)oc2c1ccc1ccccc12)N(c1ccc(-c2cccc(-c3cccc4ccccc34)c2)cc1)c1ccccc1-c1ccc2oc3cc4ccccc4cc3c2c1. The Labute approximate surface area is 365 Å². The van der Waals surface area contributed by atoms with Crippen molar-refractivity contribution in [1.29, 1.82) is 0 Å². The fourth-order valence-corrected chi connectivity index (χ4v) is 9.74. The number of fused-ring (bicyclic) bond motifs is 8. The third kappa shape index (κ3) is 6.12. The van der Waals surface area contributed by atoms with Gasteiger partial charge in [-0.2, -0.15) is 0 Å². The Kier molecular flexibility index (Phi) is 8.62. The number of allylic oxidation sites excluding steroid dienone is 1. The molecule has 0 aliphatic heterocycles. The number of aryl methyl sites for hydroxylation is 1. The average Bonchev–Trinajstić information content (AvgIpc) is 3.88. The molecule has 0 aliphatic carbocycles. The van der Waals surface area contributed by atoms with E-state index in [0.717, 1.165) is 88.8 Å². The molecule has 0 saturated heterocycles. The standard InChI is InChI=1S/C60H41NO2/c1-3-55(59-38(2)62-60-51-23-9-7-15-41(51)28-32-52(59)60)61(47-30-26-39(27-31-47)42-19-12-20-45(34-42)49-24-13-18-40-14-6-8-21-48(40)49)56-25-11-10-22-50(56)46-29-33-57-53(36-46)54-35-43-16-4-5-17-44(43)37-58(54)63-57/h3-37H,1-2H3/b55-3+. The van der Waals surface area contributed by atoms with E-state index in [1.54, 1.807) is 0 Å². The van der Waals surface area contributed by atoms with E-state index < -0.39 is 0 Å². The molecular formula is C60H41NO2. The van der Waals surface area contributed by atoms with Crippen LogP contribution in [0.5, 0.6) is 0 Å². The van der Waals surface area contributed by atoms with E-state index in [0.29, 0.717) is 0 Å². The maximum Gasteiger partial charge on any atom is 0.142 e. The van der Waals surface area contributed by atoms with Crippen molar-refractivity contribution in [1.82, 2.24) is 0 Å². The van der Waals surface area contributed by atoms with Gasteiger partial charge < -0.3 is 13.7 Å². The van der Waals surface area contributed by atoms with Crippen molar-refractivity contribution in [3.8, 4) is 33.4 Å². The molecule has 3 nitrogen and oxygen atoms in total. The van der Waals surface area contributed by atoms with E-state index in [1.165, 1.54) is 38.2 Å². The number of hydrogen-bond acceptors (Lipinski definition) is 3. The third-order valence-electron chi connectivity index (χ3n) is 12.7. The zero-order valence-electron chi connectivity index (χ0n) is 35.0. The summed E-state index contributed by atoms with van der Waals surface area (Å²) in [5.41, 5.74) is 13.9. The predicted octanol–water partition coefficient (Wildman–Crippen LogP) is 17.3. The molecule has 0 aliphatic rings. The molecule has 0 saturated carbocycles. The van der Waals surface area contributed by atoms with Crippen molar-refractivity contribution in [2.45, 2.75) is 13.8 Å². The second kappa shape index (κ2) is 14.8. The first kappa shape index (κ1) is 36.7. The predicted molar refractivity (Wildman–Crippen MR) is 266 cm³/mol. The zero-order chi connectivity index (χ0) is 42.0. The van der Waals surface area contributed by atoms with Gasteiger partial charge in [-0.15, -0.1) is 0 Å². The van der Waals surface area contributed by atoms with Crippen molar-refractivity contribution in [2.24, 2.45) is 0 Å². The third-order valence-corrected chi connectivity index (χ3v) is 12.7. The maximum absolute atomic E-state index is 6.72. The van der Waals surface area contributed by atoms with Crippen LogP contribution in [-0.4, -0.2) is 0 Å². The molecule has 0 spiro atoms. The van der Waals surface area contributed by atoms with Crippen molar-refractivity contribution >= 4 is 82.3 Å². The molecule has 12 rings (SSSR count). The van der Waals surface area contributed by atoms with Crippen molar-refractivity contribution in [3.05, 3.63) is 224 Å². The van der Waals surface area contributed by atoms with Crippen LogP contribution in [0.4, 0.5) is 11.4 Å². The van der Waals surface area contributed by atoms with Gasteiger partial charge in [-0.25, -0.2) is 0 Å². The quantitative estimate of drug-likeness (QED) is 0.161. The molecule has 0 N–H and O–H groups in total. The summed E-state index contributed by atoms with van der Waals surface area (Å²) < 4.78 is 13.2. The Hall–Kier alpha value is -8.14. The van der Waals surface area contributed by atoms with E-state index in [2.05, 4.69) is 231 Å². The highest BCUT2D eigenvalue weighted by atomic mass is 16.3. The molecule has 2 heterocycles. The monoisotopic (exact) mass is 807 g/mol. The average molecular weight is 808 g/mol. The first-order chi connectivity index (χ1) is 31.1. The van der Waals surface area contributed by atoms with Crippen LogP contribution in [0, 0.1) is 6.92 Å². The van der Waals surface area contributed by atoms with Crippen molar-refractivity contribution in [3.63, 3.8) is 0 Å². The van der Waals surface area contributed by atoms with Crippen LogP contribution < -0.4 is 4.90 Å². The number of furan rings is 2. The molecule has 0 radical (unpaired) electrons. The highest BCUT2D eigenvalue weighted by Gasteiger charge is 2.26. The van der Waals surface area contributed by atoms with Gasteiger partial charge in [0.15, 0.2) is 0 Å². The van der Waals surface area contributed by atoms with Crippen LogP contribution in [0.1, 0.15) is 18.2 Å². The molecule has 3 heteroatoms. The molecule has 0 atom stereocenters. The van der Waals surface area contributed by atoms with Gasteiger partial charge in [-0.1, -0.05) is 158 Å². The first-order valence-electron chi connectivity index (χ1n) is 21.6.